The second-order valence-corrected chi connectivity index (χ2v) is 6.62. The first-order chi connectivity index (χ1) is 9.72. The van der Waals surface area contributed by atoms with Crippen LogP contribution in [-0.4, -0.2) is 35.1 Å². The van der Waals surface area contributed by atoms with Crippen molar-refractivity contribution in [3.8, 4) is 0 Å². The summed E-state index contributed by atoms with van der Waals surface area (Å²) in [4.78, 5) is 14.6. The third-order valence-corrected chi connectivity index (χ3v) is 5.45. The molecule has 3 aliphatic rings. The minimum atomic E-state index is -0.196. The molecule has 3 nitrogen and oxygen atoms in total. The predicted molar refractivity (Wildman–Crippen MR) is 76.6 cm³/mol. The minimum absolute atomic E-state index is 0.154. The number of nitrogens with zero attached hydrogens (tertiary/aromatic N) is 1. The molecule has 3 unspecified atom stereocenters. The monoisotopic (exact) mass is 271 g/mol. The molecule has 1 amide bonds. The zero-order chi connectivity index (χ0) is 13.7. The molecule has 1 saturated heterocycles. The highest BCUT2D eigenvalue weighted by atomic mass is 16.3. The predicted octanol–water partition coefficient (Wildman–Crippen LogP) is 2.02. The van der Waals surface area contributed by atoms with Gasteiger partial charge in [-0.3, -0.25) is 4.79 Å². The van der Waals surface area contributed by atoms with Gasteiger partial charge in [-0.15, -0.1) is 0 Å². The van der Waals surface area contributed by atoms with Crippen molar-refractivity contribution < 1.29 is 9.90 Å². The van der Waals surface area contributed by atoms with Crippen molar-refractivity contribution in [3.05, 3.63) is 34.9 Å². The lowest BCUT2D eigenvalue weighted by Gasteiger charge is -2.19. The summed E-state index contributed by atoms with van der Waals surface area (Å²) in [5.74, 6) is 0.984. The normalized spacial score (nSPS) is 31.4. The van der Waals surface area contributed by atoms with Crippen LogP contribution in [0.5, 0.6) is 0 Å². The zero-order valence-electron chi connectivity index (χ0n) is 11.7. The molecule has 0 aromatic heterocycles. The first kappa shape index (κ1) is 12.4. The Hall–Kier alpha value is -1.35. The number of carbonyl (C=O) groups is 1. The molecule has 0 radical (unpaired) electrons. The van der Waals surface area contributed by atoms with Crippen molar-refractivity contribution in [1.82, 2.24) is 4.90 Å². The summed E-state index contributed by atoms with van der Waals surface area (Å²) >= 11 is 0. The van der Waals surface area contributed by atoms with E-state index >= 15 is 0 Å². The summed E-state index contributed by atoms with van der Waals surface area (Å²) in [6.45, 7) is 1.57. The van der Waals surface area contributed by atoms with E-state index in [9.17, 15) is 9.90 Å². The van der Waals surface area contributed by atoms with Crippen LogP contribution in [0.4, 0.5) is 0 Å². The molecule has 106 valence electrons. The average Bonchev–Trinajstić information content (AvgIpc) is 3.14. The third-order valence-electron chi connectivity index (χ3n) is 5.45. The van der Waals surface area contributed by atoms with Crippen molar-refractivity contribution in [3.63, 3.8) is 0 Å². The largest absolute Gasteiger partial charge is 0.393 e. The van der Waals surface area contributed by atoms with Gasteiger partial charge in [0.2, 0.25) is 0 Å². The topological polar surface area (TPSA) is 40.5 Å². The molecule has 1 aromatic rings. The molecule has 1 aromatic carbocycles. The lowest BCUT2D eigenvalue weighted by atomic mass is 10.00. The van der Waals surface area contributed by atoms with Gasteiger partial charge >= 0.3 is 0 Å². The van der Waals surface area contributed by atoms with Crippen LogP contribution >= 0.6 is 0 Å². The summed E-state index contributed by atoms with van der Waals surface area (Å²) in [6, 6.07) is 6.20. The van der Waals surface area contributed by atoms with Crippen LogP contribution in [0.3, 0.4) is 0 Å². The molecule has 0 bridgehead atoms. The Morgan fingerprint density at radius 3 is 2.85 bits per heavy atom. The first-order valence-corrected chi connectivity index (χ1v) is 7.81. The van der Waals surface area contributed by atoms with Crippen LogP contribution in [0.25, 0.3) is 0 Å². The number of hydrogen-bond donors (Lipinski definition) is 1. The number of fused-ring (bicyclic) bond motifs is 2. The summed E-state index contributed by atoms with van der Waals surface area (Å²) in [6.07, 6.45) is 5.27. The van der Waals surface area contributed by atoms with Gasteiger partial charge in [0.15, 0.2) is 0 Å². The van der Waals surface area contributed by atoms with Gasteiger partial charge in [-0.1, -0.05) is 6.07 Å². The number of aliphatic hydroxyl groups excluding tert-OH is 1. The Morgan fingerprint density at radius 1 is 1.15 bits per heavy atom. The smallest absolute Gasteiger partial charge is 0.253 e. The van der Waals surface area contributed by atoms with Crippen LogP contribution in [0.1, 0.15) is 40.7 Å². The Kier molecular flexibility index (Phi) is 2.84. The molecule has 1 saturated carbocycles. The van der Waals surface area contributed by atoms with E-state index in [1.807, 2.05) is 11.0 Å². The maximum atomic E-state index is 12.6. The van der Waals surface area contributed by atoms with E-state index in [0.29, 0.717) is 11.8 Å². The zero-order valence-corrected chi connectivity index (χ0v) is 11.7. The van der Waals surface area contributed by atoms with Gasteiger partial charge in [0.05, 0.1) is 6.10 Å². The fraction of sp³-hybridized carbons (Fsp3) is 0.588. The van der Waals surface area contributed by atoms with Gasteiger partial charge < -0.3 is 10.0 Å². The molecule has 1 aliphatic heterocycles. The number of benzene rings is 1. The van der Waals surface area contributed by atoms with Gasteiger partial charge in [0.1, 0.15) is 0 Å². The molecule has 1 heterocycles. The number of aryl methyl sites for hydroxylation is 2. The number of aliphatic hydroxyl groups is 1. The molecule has 1 N–H and O–H groups in total. The van der Waals surface area contributed by atoms with Crippen LogP contribution in [0.2, 0.25) is 0 Å². The van der Waals surface area contributed by atoms with Crippen molar-refractivity contribution in [2.24, 2.45) is 11.8 Å². The lowest BCUT2D eigenvalue weighted by molar-refractivity contribution is 0.0752. The Morgan fingerprint density at radius 2 is 2.00 bits per heavy atom. The second-order valence-electron chi connectivity index (χ2n) is 6.62. The number of amides is 1. The maximum absolute atomic E-state index is 12.6. The molecule has 20 heavy (non-hydrogen) atoms. The van der Waals surface area contributed by atoms with Crippen molar-refractivity contribution in [1.29, 1.82) is 0 Å². The number of carbonyl (C=O) groups excluding carboxylic acids is 1. The van der Waals surface area contributed by atoms with Gasteiger partial charge in [-0.2, -0.15) is 0 Å². The SMILES string of the molecule is O=C(c1ccc2c(c1)CCC2)N1CC2CCC(O)C2C1. The van der Waals surface area contributed by atoms with Gasteiger partial charge in [-0.05, 0) is 61.3 Å². The highest BCUT2D eigenvalue weighted by molar-refractivity contribution is 5.94. The van der Waals surface area contributed by atoms with Crippen LogP contribution in [0.15, 0.2) is 18.2 Å². The average molecular weight is 271 g/mol. The molecular formula is C17H21NO2. The van der Waals surface area contributed by atoms with E-state index < -0.39 is 0 Å². The van der Waals surface area contributed by atoms with Crippen molar-refractivity contribution >= 4 is 5.91 Å². The number of hydrogen-bond acceptors (Lipinski definition) is 2. The van der Waals surface area contributed by atoms with Gasteiger partial charge in [-0.25, -0.2) is 0 Å². The highest BCUT2D eigenvalue weighted by Gasteiger charge is 2.43. The van der Waals surface area contributed by atoms with E-state index in [1.54, 1.807) is 0 Å². The second kappa shape index (κ2) is 4.59. The summed E-state index contributed by atoms with van der Waals surface area (Å²) in [7, 11) is 0. The Labute approximate surface area is 119 Å². The van der Waals surface area contributed by atoms with E-state index in [2.05, 4.69) is 12.1 Å². The highest BCUT2D eigenvalue weighted by Crippen LogP contribution is 2.38. The minimum Gasteiger partial charge on any atom is -0.393 e. The third kappa shape index (κ3) is 1.87. The van der Waals surface area contributed by atoms with Crippen LogP contribution in [-0.2, 0) is 12.8 Å². The van der Waals surface area contributed by atoms with Crippen LogP contribution in [0, 0.1) is 11.8 Å². The fourth-order valence-electron chi connectivity index (χ4n) is 4.29. The van der Waals surface area contributed by atoms with Gasteiger partial charge in [0.25, 0.3) is 5.91 Å². The Balaban J connectivity index is 1.53. The van der Waals surface area contributed by atoms with E-state index in [0.717, 1.165) is 44.3 Å². The molecule has 3 atom stereocenters. The van der Waals surface area contributed by atoms with Crippen molar-refractivity contribution in [2.45, 2.75) is 38.2 Å². The molecule has 4 rings (SSSR count). The van der Waals surface area contributed by atoms with Crippen LogP contribution < -0.4 is 0 Å². The first-order valence-electron chi connectivity index (χ1n) is 7.81. The fourth-order valence-corrected chi connectivity index (χ4v) is 4.29. The van der Waals surface area contributed by atoms with Gasteiger partial charge in [0, 0.05) is 24.6 Å². The molecular weight excluding hydrogens is 250 g/mol. The quantitative estimate of drug-likeness (QED) is 0.849. The number of rotatable bonds is 1. The summed E-state index contributed by atoms with van der Waals surface area (Å²) < 4.78 is 0. The van der Waals surface area contributed by atoms with E-state index in [-0.39, 0.29) is 12.0 Å². The Bertz CT molecular complexity index is 554. The number of likely N-dealkylation sites (tertiary alicyclic amines) is 1. The van der Waals surface area contributed by atoms with Crippen molar-refractivity contribution in [2.75, 3.05) is 13.1 Å². The molecule has 3 heteroatoms. The summed E-state index contributed by atoms with van der Waals surface area (Å²) in [5, 5.41) is 9.96. The molecule has 2 aliphatic carbocycles. The molecule has 0 spiro atoms. The molecule has 2 fully saturated rings. The maximum Gasteiger partial charge on any atom is 0.253 e. The van der Waals surface area contributed by atoms with E-state index in [1.165, 1.54) is 17.5 Å². The standard InChI is InChI=1S/C17H21NO2/c19-16-7-6-14-9-18(10-15(14)16)17(20)13-5-4-11-2-1-3-12(11)8-13/h4-5,8,14-16,19H,1-3,6-7,9-10H2. The van der Waals surface area contributed by atoms with E-state index in [4.69, 9.17) is 0 Å². The summed E-state index contributed by atoms with van der Waals surface area (Å²) in [5.41, 5.74) is 3.60. The lowest BCUT2D eigenvalue weighted by Crippen LogP contribution is -2.31.